The SMILES string of the molecule is CC1C=C(c2ccc(-c3nc(-c4ccccc4)nc(-c4cccc(-c5cccnc5)c4)n3)cc2)C=C(C(=C(c2ccccc2)c2ccccc2)c2ccccc2)C1. The summed E-state index contributed by atoms with van der Waals surface area (Å²) in [6.07, 6.45) is 9.39. The van der Waals surface area contributed by atoms with Gasteiger partial charge in [0.15, 0.2) is 17.5 Å². The Morgan fingerprint density at radius 2 is 0.912 bits per heavy atom. The third-order valence-corrected chi connectivity index (χ3v) is 10.4. The fourth-order valence-electron chi connectivity index (χ4n) is 7.65. The van der Waals surface area contributed by atoms with E-state index in [-0.39, 0.29) is 0 Å². The highest BCUT2D eigenvalue weighted by atomic mass is 15.0. The van der Waals surface area contributed by atoms with Gasteiger partial charge in [0.25, 0.3) is 0 Å². The molecule has 6 aromatic carbocycles. The van der Waals surface area contributed by atoms with Crippen LogP contribution in [0.5, 0.6) is 0 Å². The highest BCUT2D eigenvalue weighted by Gasteiger charge is 2.22. The number of aromatic nitrogens is 4. The van der Waals surface area contributed by atoms with E-state index in [9.17, 15) is 0 Å². The zero-order chi connectivity index (χ0) is 38.4. The lowest BCUT2D eigenvalue weighted by molar-refractivity contribution is 0.724. The lowest BCUT2D eigenvalue weighted by Gasteiger charge is -2.25. The maximum absolute atomic E-state index is 5.06. The fourth-order valence-corrected chi connectivity index (χ4v) is 7.65. The van der Waals surface area contributed by atoms with E-state index in [4.69, 9.17) is 15.0 Å². The van der Waals surface area contributed by atoms with E-state index in [1.54, 1.807) is 6.20 Å². The fraction of sp³-hybridized carbons (Fsp3) is 0.0566. The Kier molecular flexibility index (Phi) is 10.1. The van der Waals surface area contributed by atoms with Crippen LogP contribution < -0.4 is 0 Å². The van der Waals surface area contributed by atoms with Crippen LogP contribution in [0.4, 0.5) is 0 Å². The monoisotopic (exact) mass is 732 g/mol. The molecular formula is C53H40N4. The molecule has 0 N–H and O–H groups in total. The molecule has 1 atom stereocenters. The zero-order valence-corrected chi connectivity index (χ0v) is 31.7. The summed E-state index contributed by atoms with van der Waals surface area (Å²) in [5.74, 6) is 2.23. The normalized spacial score (nSPS) is 13.7. The Morgan fingerprint density at radius 1 is 0.439 bits per heavy atom. The van der Waals surface area contributed by atoms with Crippen LogP contribution in [0.1, 0.15) is 35.6 Å². The van der Waals surface area contributed by atoms with Gasteiger partial charge in [0, 0.05) is 34.6 Å². The van der Waals surface area contributed by atoms with Crippen molar-refractivity contribution in [2.75, 3.05) is 0 Å². The van der Waals surface area contributed by atoms with Crippen LogP contribution >= 0.6 is 0 Å². The molecule has 0 bridgehead atoms. The lowest BCUT2D eigenvalue weighted by Crippen LogP contribution is -2.06. The first kappa shape index (κ1) is 35.4. The topological polar surface area (TPSA) is 51.6 Å². The molecule has 0 spiro atoms. The van der Waals surface area contributed by atoms with Crippen molar-refractivity contribution in [3.63, 3.8) is 0 Å². The summed E-state index contributed by atoms with van der Waals surface area (Å²) in [5.41, 5.74) is 14.7. The summed E-state index contributed by atoms with van der Waals surface area (Å²) >= 11 is 0. The van der Waals surface area contributed by atoms with Gasteiger partial charge in [0.2, 0.25) is 0 Å². The van der Waals surface area contributed by atoms with Crippen molar-refractivity contribution >= 4 is 16.7 Å². The summed E-state index contributed by atoms with van der Waals surface area (Å²) in [5, 5.41) is 0. The third kappa shape index (κ3) is 7.80. The van der Waals surface area contributed by atoms with Crippen LogP contribution in [-0.4, -0.2) is 19.9 Å². The molecule has 1 aliphatic carbocycles. The molecule has 0 amide bonds. The van der Waals surface area contributed by atoms with Crippen LogP contribution in [0, 0.1) is 5.92 Å². The minimum atomic E-state index is 0.341. The Labute approximate surface area is 334 Å². The molecule has 4 nitrogen and oxygen atoms in total. The van der Waals surface area contributed by atoms with E-state index in [0.717, 1.165) is 39.8 Å². The van der Waals surface area contributed by atoms with Gasteiger partial charge in [-0.1, -0.05) is 189 Å². The quantitative estimate of drug-likeness (QED) is 0.139. The van der Waals surface area contributed by atoms with Crippen LogP contribution in [-0.2, 0) is 0 Å². The standard InChI is InChI=1S/C53H40N4/c1-37-32-47(35-48(33-37)50(41-20-10-4-11-21-41)49(39-16-6-2-7-17-39)40-18-8-3-9-19-40)38-27-29-43(30-28-38)52-55-51(42-22-12-5-13-23-42)56-53(57-52)45-25-14-24-44(34-45)46-26-15-31-54-36-46/h2-32,34-37H,33H2,1H3. The molecule has 2 heterocycles. The van der Waals surface area contributed by atoms with E-state index >= 15 is 0 Å². The van der Waals surface area contributed by atoms with Crippen LogP contribution in [0.2, 0.25) is 0 Å². The van der Waals surface area contributed by atoms with Crippen LogP contribution in [0.25, 0.3) is 62.0 Å². The second kappa shape index (κ2) is 16.2. The largest absolute Gasteiger partial charge is 0.264 e. The smallest absolute Gasteiger partial charge is 0.164 e. The summed E-state index contributed by atoms with van der Waals surface area (Å²) in [7, 11) is 0. The van der Waals surface area contributed by atoms with Crippen molar-refractivity contribution in [1.82, 2.24) is 19.9 Å². The highest BCUT2D eigenvalue weighted by Crippen LogP contribution is 2.42. The molecular weight excluding hydrogens is 693 g/mol. The number of nitrogens with zero attached hydrogens (tertiary/aromatic N) is 4. The van der Waals surface area contributed by atoms with Crippen molar-refractivity contribution in [3.05, 3.63) is 234 Å². The number of rotatable bonds is 9. The number of allylic oxidation sites excluding steroid dienone is 5. The minimum absolute atomic E-state index is 0.341. The van der Waals surface area contributed by atoms with E-state index in [2.05, 4.69) is 164 Å². The number of hydrogen-bond donors (Lipinski definition) is 0. The van der Waals surface area contributed by atoms with Crippen LogP contribution in [0.3, 0.4) is 0 Å². The Bertz CT molecular complexity index is 2680. The predicted octanol–water partition coefficient (Wildman–Crippen LogP) is 12.9. The molecule has 0 saturated heterocycles. The average molecular weight is 733 g/mol. The Morgan fingerprint density at radius 3 is 1.49 bits per heavy atom. The summed E-state index contributed by atoms with van der Waals surface area (Å²) in [4.78, 5) is 19.4. The minimum Gasteiger partial charge on any atom is -0.264 e. The van der Waals surface area contributed by atoms with Gasteiger partial charge in [-0.3, -0.25) is 4.98 Å². The van der Waals surface area contributed by atoms with Gasteiger partial charge in [-0.05, 0) is 74.6 Å². The molecule has 4 heteroatoms. The summed E-state index contributed by atoms with van der Waals surface area (Å²) < 4.78 is 0. The molecule has 1 aliphatic rings. The van der Waals surface area contributed by atoms with Gasteiger partial charge in [0.1, 0.15) is 0 Å². The first-order chi connectivity index (χ1) is 28.2. The zero-order valence-electron chi connectivity index (χ0n) is 31.7. The second-order valence-electron chi connectivity index (χ2n) is 14.4. The van der Waals surface area contributed by atoms with Crippen molar-refractivity contribution in [2.45, 2.75) is 13.3 Å². The summed E-state index contributed by atoms with van der Waals surface area (Å²) in [6, 6.07) is 63.5. The van der Waals surface area contributed by atoms with E-state index in [0.29, 0.717) is 23.4 Å². The van der Waals surface area contributed by atoms with Crippen molar-refractivity contribution in [3.8, 4) is 45.3 Å². The van der Waals surface area contributed by atoms with Gasteiger partial charge < -0.3 is 0 Å². The number of hydrogen-bond acceptors (Lipinski definition) is 4. The number of pyridine rings is 1. The molecule has 0 saturated carbocycles. The Hall–Kier alpha value is -7.30. The van der Waals surface area contributed by atoms with E-state index < -0.39 is 0 Å². The van der Waals surface area contributed by atoms with Crippen molar-refractivity contribution in [2.24, 2.45) is 5.92 Å². The van der Waals surface area contributed by atoms with Crippen molar-refractivity contribution in [1.29, 1.82) is 0 Å². The van der Waals surface area contributed by atoms with E-state index in [1.807, 2.05) is 48.7 Å². The number of benzene rings is 6. The maximum Gasteiger partial charge on any atom is 0.164 e. The van der Waals surface area contributed by atoms with Crippen LogP contribution in [0.15, 0.2) is 212 Å². The molecule has 9 rings (SSSR count). The van der Waals surface area contributed by atoms with Gasteiger partial charge >= 0.3 is 0 Å². The first-order valence-electron chi connectivity index (χ1n) is 19.4. The second-order valence-corrected chi connectivity index (χ2v) is 14.4. The third-order valence-electron chi connectivity index (χ3n) is 10.4. The first-order valence-corrected chi connectivity index (χ1v) is 19.4. The molecule has 0 aliphatic heterocycles. The molecule has 2 aromatic heterocycles. The molecule has 0 radical (unpaired) electrons. The average Bonchev–Trinajstić information content (AvgIpc) is 3.29. The Balaban J connectivity index is 1.12. The van der Waals surface area contributed by atoms with Gasteiger partial charge in [-0.15, -0.1) is 0 Å². The van der Waals surface area contributed by atoms with Gasteiger partial charge in [0.05, 0.1) is 0 Å². The molecule has 57 heavy (non-hydrogen) atoms. The highest BCUT2D eigenvalue weighted by molar-refractivity contribution is 6.05. The summed E-state index contributed by atoms with van der Waals surface area (Å²) in [6.45, 7) is 2.31. The van der Waals surface area contributed by atoms with E-state index in [1.165, 1.54) is 39.0 Å². The predicted molar refractivity (Wildman–Crippen MR) is 234 cm³/mol. The van der Waals surface area contributed by atoms with Gasteiger partial charge in [-0.25, -0.2) is 15.0 Å². The van der Waals surface area contributed by atoms with Crippen molar-refractivity contribution < 1.29 is 0 Å². The molecule has 1 unspecified atom stereocenters. The molecule has 272 valence electrons. The molecule has 0 fully saturated rings. The lowest BCUT2D eigenvalue weighted by atomic mass is 9.79. The molecule has 8 aromatic rings. The van der Waals surface area contributed by atoms with Gasteiger partial charge in [-0.2, -0.15) is 0 Å². The maximum atomic E-state index is 5.06.